The number of rotatable bonds is 7. The van der Waals surface area contributed by atoms with Crippen molar-refractivity contribution in [2.45, 2.75) is 27.7 Å². The van der Waals surface area contributed by atoms with Crippen LogP contribution in [0.4, 0.5) is 4.39 Å². The fourth-order valence-electron chi connectivity index (χ4n) is 1.86. The Morgan fingerprint density at radius 3 is 1.83 bits per heavy atom. The van der Waals surface area contributed by atoms with E-state index in [1.807, 2.05) is 33.8 Å². The summed E-state index contributed by atoms with van der Waals surface area (Å²) < 4.78 is 30.7. The fraction of sp³-hybridized carbons (Fsp3) is 0.538. The topological polar surface area (TPSA) is 27.7 Å². The molecule has 3 nitrogen and oxygen atoms in total. The molecule has 0 fully saturated rings. The lowest BCUT2D eigenvalue weighted by Crippen LogP contribution is -2.57. The second-order valence-corrected chi connectivity index (χ2v) is 6.43. The Morgan fingerprint density at radius 2 is 1.44 bits per heavy atom. The molecule has 1 aromatic rings. The van der Waals surface area contributed by atoms with Crippen LogP contribution in [0, 0.1) is 12.7 Å². The van der Waals surface area contributed by atoms with Crippen molar-refractivity contribution in [3.05, 3.63) is 29.6 Å². The lowest BCUT2D eigenvalue weighted by atomic mass is 10.2. The van der Waals surface area contributed by atoms with E-state index in [4.69, 9.17) is 13.3 Å². The first-order valence-electron chi connectivity index (χ1n) is 6.27. The van der Waals surface area contributed by atoms with E-state index in [0.29, 0.717) is 25.0 Å². The van der Waals surface area contributed by atoms with Crippen LogP contribution in [0.25, 0.3) is 0 Å². The SMILES string of the molecule is CCO[Si](OCC)(OCC)c1cc(C)cc(F)c1. The molecule has 0 heterocycles. The minimum absolute atomic E-state index is 0.291. The molecule has 18 heavy (non-hydrogen) atoms. The third kappa shape index (κ3) is 3.62. The zero-order chi connectivity index (χ0) is 13.6. The van der Waals surface area contributed by atoms with Gasteiger partial charge in [0.25, 0.3) is 0 Å². The molecular formula is C13H21FO3Si. The highest BCUT2D eigenvalue weighted by atomic mass is 28.4. The van der Waals surface area contributed by atoms with Crippen molar-refractivity contribution in [2.75, 3.05) is 19.8 Å². The molecule has 1 aromatic carbocycles. The summed E-state index contributed by atoms with van der Waals surface area (Å²) in [6.45, 7) is 8.91. The highest BCUT2D eigenvalue weighted by molar-refractivity contribution is 6.75. The van der Waals surface area contributed by atoms with Crippen molar-refractivity contribution in [3.8, 4) is 0 Å². The maximum atomic E-state index is 13.5. The van der Waals surface area contributed by atoms with E-state index in [1.54, 1.807) is 0 Å². The Bertz CT molecular complexity index is 347. The van der Waals surface area contributed by atoms with Gasteiger partial charge in [0.05, 0.1) is 0 Å². The standard InChI is InChI=1S/C13H21FO3Si/c1-5-15-18(16-6-2,17-7-3)13-9-11(4)8-12(14)10-13/h8-10H,5-7H2,1-4H3. The van der Waals surface area contributed by atoms with E-state index in [9.17, 15) is 4.39 Å². The van der Waals surface area contributed by atoms with E-state index in [2.05, 4.69) is 0 Å². The molecule has 0 spiro atoms. The third-order valence-electron chi connectivity index (χ3n) is 2.40. The number of halogens is 1. The van der Waals surface area contributed by atoms with Crippen LogP contribution in [0.2, 0.25) is 0 Å². The average molecular weight is 272 g/mol. The second-order valence-electron chi connectivity index (χ2n) is 3.87. The van der Waals surface area contributed by atoms with E-state index in [0.717, 1.165) is 5.56 Å². The summed E-state index contributed by atoms with van der Waals surface area (Å²) in [5.74, 6) is -0.291. The first kappa shape index (κ1) is 15.3. The van der Waals surface area contributed by atoms with Crippen LogP contribution in [0.5, 0.6) is 0 Å². The van der Waals surface area contributed by atoms with Gasteiger partial charge < -0.3 is 13.3 Å². The number of aryl methyl sites for hydroxylation is 1. The maximum Gasteiger partial charge on any atom is 0.537 e. The molecule has 0 radical (unpaired) electrons. The van der Waals surface area contributed by atoms with Gasteiger partial charge in [0.2, 0.25) is 0 Å². The van der Waals surface area contributed by atoms with Gasteiger partial charge in [-0.1, -0.05) is 6.07 Å². The summed E-state index contributed by atoms with van der Waals surface area (Å²) in [6.07, 6.45) is 0. The van der Waals surface area contributed by atoms with Crippen molar-refractivity contribution in [1.82, 2.24) is 0 Å². The second kappa shape index (κ2) is 6.99. The number of benzene rings is 1. The highest BCUT2D eigenvalue weighted by Gasteiger charge is 2.43. The Labute approximate surface area is 109 Å². The monoisotopic (exact) mass is 272 g/mol. The zero-order valence-corrected chi connectivity index (χ0v) is 12.5. The molecule has 1 rings (SSSR count). The summed E-state index contributed by atoms with van der Waals surface area (Å²) in [7, 11) is -2.97. The lowest BCUT2D eigenvalue weighted by molar-refractivity contribution is 0.0858. The van der Waals surface area contributed by atoms with Gasteiger partial charge >= 0.3 is 8.80 Å². The van der Waals surface area contributed by atoms with Crippen molar-refractivity contribution in [3.63, 3.8) is 0 Å². The summed E-state index contributed by atoms with van der Waals surface area (Å²) >= 11 is 0. The van der Waals surface area contributed by atoms with Crippen LogP contribution in [0.15, 0.2) is 18.2 Å². The molecule has 5 heteroatoms. The fourth-order valence-corrected chi connectivity index (χ4v) is 4.47. The van der Waals surface area contributed by atoms with Crippen LogP contribution in [-0.4, -0.2) is 28.6 Å². The first-order chi connectivity index (χ1) is 8.57. The zero-order valence-electron chi connectivity index (χ0n) is 11.5. The van der Waals surface area contributed by atoms with Crippen molar-refractivity contribution in [2.24, 2.45) is 0 Å². The van der Waals surface area contributed by atoms with Crippen LogP contribution in [0.1, 0.15) is 26.3 Å². The maximum absolute atomic E-state index is 13.5. The van der Waals surface area contributed by atoms with Crippen LogP contribution < -0.4 is 5.19 Å². The molecular weight excluding hydrogens is 251 g/mol. The Balaban J connectivity index is 3.20. The molecule has 0 saturated heterocycles. The summed E-state index contributed by atoms with van der Waals surface area (Å²) in [5, 5.41) is 0.686. The predicted octanol–water partition coefficient (Wildman–Crippen LogP) is 2.39. The lowest BCUT2D eigenvalue weighted by Gasteiger charge is -2.28. The number of hydrogen-bond acceptors (Lipinski definition) is 3. The van der Waals surface area contributed by atoms with Gasteiger partial charge in [-0.05, 0) is 45.4 Å². The molecule has 0 saturated carbocycles. The van der Waals surface area contributed by atoms with Crippen LogP contribution >= 0.6 is 0 Å². The van der Waals surface area contributed by atoms with E-state index >= 15 is 0 Å². The van der Waals surface area contributed by atoms with Crippen molar-refractivity contribution >= 4 is 14.0 Å². The van der Waals surface area contributed by atoms with E-state index < -0.39 is 8.80 Å². The minimum Gasteiger partial charge on any atom is -0.370 e. The molecule has 0 aliphatic carbocycles. The average Bonchev–Trinajstić information content (AvgIpc) is 2.28. The quantitative estimate of drug-likeness (QED) is 0.713. The molecule has 0 aliphatic heterocycles. The van der Waals surface area contributed by atoms with E-state index in [-0.39, 0.29) is 5.82 Å². The third-order valence-corrected chi connectivity index (χ3v) is 5.40. The van der Waals surface area contributed by atoms with Crippen molar-refractivity contribution in [1.29, 1.82) is 0 Å². The molecule has 0 unspecified atom stereocenters. The molecule has 0 aliphatic rings. The highest BCUT2D eigenvalue weighted by Crippen LogP contribution is 2.13. The number of hydrogen-bond donors (Lipinski definition) is 0. The molecule has 102 valence electrons. The molecule has 0 bridgehead atoms. The summed E-state index contributed by atoms with van der Waals surface area (Å²) in [5.41, 5.74) is 0.834. The van der Waals surface area contributed by atoms with Crippen LogP contribution in [-0.2, 0) is 13.3 Å². The Morgan fingerprint density at radius 1 is 0.944 bits per heavy atom. The predicted molar refractivity (Wildman–Crippen MR) is 71.4 cm³/mol. The van der Waals surface area contributed by atoms with Gasteiger partial charge in [0.15, 0.2) is 0 Å². The Kier molecular flexibility index (Phi) is 5.94. The van der Waals surface area contributed by atoms with Gasteiger partial charge in [0.1, 0.15) is 5.82 Å². The molecule has 0 amide bonds. The smallest absolute Gasteiger partial charge is 0.370 e. The largest absolute Gasteiger partial charge is 0.537 e. The normalized spacial score (nSPS) is 11.8. The van der Waals surface area contributed by atoms with Gasteiger partial charge in [-0.15, -0.1) is 0 Å². The summed E-state index contributed by atoms with van der Waals surface area (Å²) in [4.78, 5) is 0. The van der Waals surface area contributed by atoms with Crippen molar-refractivity contribution < 1.29 is 17.7 Å². The van der Waals surface area contributed by atoms with Gasteiger partial charge in [-0.3, -0.25) is 0 Å². The van der Waals surface area contributed by atoms with Gasteiger partial charge in [-0.2, -0.15) is 0 Å². The van der Waals surface area contributed by atoms with Crippen LogP contribution in [0.3, 0.4) is 0 Å². The summed E-state index contributed by atoms with van der Waals surface area (Å²) in [6, 6.07) is 4.79. The van der Waals surface area contributed by atoms with Gasteiger partial charge in [0, 0.05) is 25.0 Å². The first-order valence-corrected chi connectivity index (χ1v) is 8.00. The minimum atomic E-state index is -2.97. The molecule has 0 N–H and O–H groups in total. The Hall–Kier alpha value is -0.753. The molecule has 0 atom stereocenters. The molecule has 0 aromatic heterocycles. The van der Waals surface area contributed by atoms with E-state index in [1.165, 1.54) is 12.1 Å². The van der Waals surface area contributed by atoms with Gasteiger partial charge in [-0.25, -0.2) is 4.39 Å².